The van der Waals surface area contributed by atoms with E-state index in [4.69, 9.17) is 0 Å². The molecule has 2 rings (SSSR count). The second-order valence-electron chi connectivity index (χ2n) is 4.78. The van der Waals surface area contributed by atoms with Crippen molar-refractivity contribution in [3.63, 3.8) is 0 Å². The lowest BCUT2D eigenvalue weighted by molar-refractivity contribution is -0.122. The lowest BCUT2D eigenvalue weighted by atomic mass is 10.1. The first-order valence-corrected chi connectivity index (χ1v) is 7.41. The molecule has 0 bridgehead atoms. The van der Waals surface area contributed by atoms with Gasteiger partial charge in [0.1, 0.15) is 6.04 Å². The van der Waals surface area contributed by atoms with Crippen LogP contribution in [0.1, 0.15) is 24.8 Å². The summed E-state index contributed by atoms with van der Waals surface area (Å²) >= 11 is 1.61. The van der Waals surface area contributed by atoms with Crippen molar-refractivity contribution in [2.75, 3.05) is 13.6 Å². The molecule has 2 N–H and O–H groups in total. The van der Waals surface area contributed by atoms with Gasteiger partial charge in [0.2, 0.25) is 5.91 Å². The Hall–Kier alpha value is -1.56. The maximum absolute atomic E-state index is 12.0. The van der Waals surface area contributed by atoms with Gasteiger partial charge in [0.15, 0.2) is 0 Å². The Bertz CT molecular complexity index is 433. The van der Waals surface area contributed by atoms with Gasteiger partial charge in [-0.3, -0.25) is 4.79 Å². The second kappa shape index (κ2) is 6.56. The maximum Gasteiger partial charge on any atom is 0.318 e. The summed E-state index contributed by atoms with van der Waals surface area (Å²) in [6.45, 7) is 1.26. The Morgan fingerprint density at radius 1 is 1.58 bits per heavy atom. The van der Waals surface area contributed by atoms with E-state index in [1.54, 1.807) is 23.3 Å². The molecule has 1 aliphatic heterocycles. The fraction of sp³-hybridized carbons (Fsp3) is 0.538. The number of nitrogens with one attached hydrogen (secondary N) is 2. The second-order valence-corrected chi connectivity index (χ2v) is 5.56. The summed E-state index contributed by atoms with van der Waals surface area (Å²) in [7, 11) is 1.74. The van der Waals surface area contributed by atoms with Gasteiger partial charge >= 0.3 is 6.03 Å². The van der Waals surface area contributed by atoms with Crippen molar-refractivity contribution in [3.8, 4) is 0 Å². The first-order valence-electron chi connectivity index (χ1n) is 6.47. The molecule has 5 nitrogen and oxygen atoms in total. The van der Waals surface area contributed by atoms with Gasteiger partial charge in [-0.05, 0) is 41.7 Å². The third-order valence-corrected chi connectivity index (χ3v) is 3.91. The molecule has 0 spiro atoms. The van der Waals surface area contributed by atoms with Crippen LogP contribution in [0.3, 0.4) is 0 Å². The molecule has 1 aromatic rings. The third-order valence-electron chi connectivity index (χ3n) is 3.18. The molecular formula is C13H19N3O2S. The molecule has 1 aromatic heterocycles. The van der Waals surface area contributed by atoms with E-state index in [0.717, 1.165) is 18.4 Å². The average molecular weight is 281 g/mol. The van der Waals surface area contributed by atoms with Crippen molar-refractivity contribution in [1.82, 2.24) is 15.5 Å². The molecule has 0 aromatic carbocycles. The summed E-state index contributed by atoms with van der Waals surface area (Å²) in [6, 6.07) is 1.39. The summed E-state index contributed by atoms with van der Waals surface area (Å²) < 4.78 is 0. The van der Waals surface area contributed by atoms with Crippen molar-refractivity contribution in [2.45, 2.75) is 31.8 Å². The minimum atomic E-state index is -0.403. The Morgan fingerprint density at radius 2 is 2.42 bits per heavy atom. The van der Waals surface area contributed by atoms with Crippen molar-refractivity contribution in [2.24, 2.45) is 0 Å². The minimum Gasteiger partial charge on any atom is -0.354 e. The van der Waals surface area contributed by atoms with Gasteiger partial charge in [0.25, 0.3) is 0 Å². The van der Waals surface area contributed by atoms with E-state index >= 15 is 0 Å². The van der Waals surface area contributed by atoms with E-state index in [1.807, 2.05) is 16.8 Å². The first-order chi connectivity index (χ1) is 9.16. The van der Waals surface area contributed by atoms with Crippen LogP contribution in [0.15, 0.2) is 16.8 Å². The van der Waals surface area contributed by atoms with Gasteiger partial charge in [0.05, 0.1) is 0 Å². The predicted octanol–water partition coefficient (Wildman–Crippen LogP) is 1.56. The van der Waals surface area contributed by atoms with Crippen LogP contribution in [0.2, 0.25) is 0 Å². The molecule has 6 heteroatoms. The highest BCUT2D eigenvalue weighted by Gasteiger charge is 2.23. The number of amides is 3. The molecular weight excluding hydrogens is 262 g/mol. The van der Waals surface area contributed by atoms with E-state index in [0.29, 0.717) is 19.5 Å². The monoisotopic (exact) mass is 281 g/mol. The fourth-order valence-corrected chi connectivity index (χ4v) is 2.72. The molecule has 2 heterocycles. The summed E-state index contributed by atoms with van der Waals surface area (Å²) in [5.41, 5.74) is 1.10. The van der Waals surface area contributed by atoms with Crippen molar-refractivity contribution < 1.29 is 9.59 Å². The number of thiophene rings is 1. The van der Waals surface area contributed by atoms with Gasteiger partial charge in [0, 0.05) is 20.1 Å². The molecule has 104 valence electrons. The summed E-state index contributed by atoms with van der Waals surface area (Å²) in [4.78, 5) is 25.4. The summed E-state index contributed by atoms with van der Waals surface area (Å²) in [5.74, 6) is -0.0743. The van der Waals surface area contributed by atoms with Crippen LogP contribution in [0.5, 0.6) is 0 Å². The van der Waals surface area contributed by atoms with Crippen molar-refractivity contribution >= 4 is 23.3 Å². The molecule has 0 unspecified atom stereocenters. The molecule has 1 atom stereocenters. The summed E-state index contributed by atoms with van der Waals surface area (Å²) in [5, 5.41) is 9.62. The van der Waals surface area contributed by atoms with Gasteiger partial charge in [-0.2, -0.15) is 11.3 Å². The van der Waals surface area contributed by atoms with Crippen LogP contribution in [0.4, 0.5) is 4.79 Å². The molecule has 19 heavy (non-hydrogen) atoms. The van der Waals surface area contributed by atoms with E-state index in [-0.39, 0.29) is 11.9 Å². The highest BCUT2D eigenvalue weighted by Crippen LogP contribution is 2.09. The summed E-state index contributed by atoms with van der Waals surface area (Å²) in [6.07, 6.45) is 2.64. The Labute approximate surface area is 117 Å². The zero-order valence-electron chi connectivity index (χ0n) is 11.0. The highest BCUT2D eigenvalue weighted by atomic mass is 32.1. The van der Waals surface area contributed by atoms with Gasteiger partial charge < -0.3 is 15.5 Å². The fourth-order valence-electron chi connectivity index (χ4n) is 2.06. The smallest absolute Gasteiger partial charge is 0.318 e. The number of carbonyl (C=O) groups is 2. The number of rotatable bonds is 3. The predicted molar refractivity (Wildman–Crippen MR) is 75.0 cm³/mol. The standard InChI is InChI=1S/C13H19N3O2S/c1-16(8-10-5-7-19-9-10)13(18)15-11-4-2-3-6-14-12(11)17/h5,7,9,11H,2-4,6,8H2,1H3,(H,14,17)(H,15,18)/t11-/m0/s1. The van der Waals surface area contributed by atoms with E-state index in [2.05, 4.69) is 10.6 Å². The Morgan fingerprint density at radius 3 is 3.16 bits per heavy atom. The topological polar surface area (TPSA) is 61.4 Å². The highest BCUT2D eigenvalue weighted by molar-refractivity contribution is 7.07. The van der Waals surface area contributed by atoms with Crippen LogP contribution < -0.4 is 10.6 Å². The Balaban J connectivity index is 1.86. The van der Waals surface area contributed by atoms with Crippen molar-refractivity contribution in [3.05, 3.63) is 22.4 Å². The minimum absolute atomic E-state index is 0.0743. The lowest BCUT2D eigenvalue weighted by Crippen LogP contribution is -2.49. The first kappa shape index (κ1) is 13.9. The number of hydrogen-bond acceptors (Lipinski definition) is 3. The van der Waals surface area contributed by atoms with Crippen LogP contribution in [0.25, 0.3) is 0 Å². The zero-order chi connectivity index (χ0) is 13.7. The van der Waals surface area contributed by atoms with Crippen LogP contribution >= 0.6 is 11.3 Å². The quantitative estimate of drug-likeness (QED) is 0.883. The van der Waals surface area contributed by atoms with Gasteiger partial charge in [-0.15, -0.1) is 0 Å². The molecule has 1 fully saturated rings. The number of urea groups is 1. The van der Waals surface area contributed by atoms with Crippen LogP contribution in [-0.4, -0.2) is 36.5 Å². The zero-order valence-corrected chi connectivity index (χ0v) is 11.8. The molecule has 0 saturated carbocycles. The van der Waals surface area contributed by atoms with Crippen molar-refractivity contribution in [1.29, 1.82) is 0 Å². The normalized spacial score (nSPS) is 19.4. The SMILES string of the molecule is CN(Cc1ccsc1)C(=O)N[C@H]1CCCCNC1=O. The van der Waals surface area contributed by atoms with Gasteiger partial charge in [-0.25, -0.2) is 4.79 Å². The molecule has 0 aliphatic carbocycles. The number of carbonyl (C=O) groups excluding carboxylic acids is 2. The molecule has 1 aliphatic rings. The third kappa shape index (κ3) is 3.96. The van der Waals surface area contributed by atoms with Crippen LogP contribution in [0, 0.1) is 0 Å². The van der Waals surface area contributed by atoms with E-state index < -0.39 is 6.04 Å². The average Bonchev–Trinajstić information content (AvgIpc) is 2.81. The number of nitrogens with zero attached hydrogens (tertiary/aromatic N) is 1. The molecule has 1 saturated heterocycles. The Kier molecular flexibility index (Phi) is 4.79. The number of hydrogen-bond donors (Lipinski definition) is 2. The molecule has 0 radical (unpaired) electrons. The van der Waals surface area contributed by atoms with E-state index in [1.165, 1.54) is 0 Å². The van der Waals surface area contributed by atoms with Crippen LogP contribution in [-0.2, 0) is 11.3 Å². The van der Waals surface area contributed by atoms with E-state index in [9.17, 15) is 9.59 Å². The van der Waals surface area contributed by atoms with Gasteiger partial charge in [-0.1, -0.05) is 0 Å². The largest absolute Gasteiger partial charge is 0.354 e. The molecule has 3 amide bonds. The maximum atomic E-state index is 12.0. The lowest BCUT2D eigenvalue weighted by Gasteiger charge is -2.21.